The van der Waals surface area contributed by atoms with Crippen molar-refractivity contribution in [3.05, 3.63) is 57.5 Å². The number of anilines is 1. The van der Waals surface area contributed by atoms with E-state index in [0.717, 1.165) is 10.7 Å². The van der Waals surface area contributed by atoms with Gasteiger partial charge in [0.05, 0.1) is 22.5 Å². The summed E-state index contributed by atoms with van der Waals surface area (Å²) in [5.74, 6) is -0.248. The van der Waals surface area contributed by atoms with Crippen molar-refractivity contribution in [2.24, 2.45) is 0 Å². The molecular formula is C18H16ClF3N6O2. The maximum Gasteiger partial charge on any atom is 0.417 e. The summed E-state index contributed by atoms with van der Waals surface area (Å²) in [6.45, 7) is 0.429. The normalized spacial score (nSPS) is 11.5. The van der Waals surface area contributed by atoms with E-state index in [9.17, 15) is 22.8 Å². The highest BCUT2D eigenvalue weighted by atomic mass is 35.5. The van der Waals surface area contributed by atoms with Gasteiger partial charge in [-0.1, -0.05) is 28.9 Å². The molecule has 2 N–H and O–H groups in total. The Balaban J connectivity index is 1.46. The number of hydrogen-bond donors (Lipinski definition) is 2. The Kier molecular flexibility index (Phi) is 6.50. The highest BCUT2D eigenvalue weighted by molar-refractivity contribution is 6.32. The molecule has 0 spiro atoms. The summed E-state index contributed by atoms with van der Waals surface area (Å²) in [6.07, 6.45) is -3.85. The summed E-state index contributed by atoms with van der Waals surface area (Å²) in [6, 6.07) is 7.54. The fourth-order valence-electron chi connectivity index (χ4n) is 2.57. The van der Waals surface area contributed by atoms with Crippen LogP contribution in [0, 0.1) is 0 Å². The van der Waals surface area contributed by atoms with Crippen LogP contribution in [0.25, 0.3) is 10.9 Å². The molecule has 1 aromatic carbocycles. The third-order valence-electron chi connectivity index (χ3n) is 4.09. The number of benzene rings is 1. The van der Waals surface area contributed by atoms with E-state index in [1.54, 1.807) is 24.3 Å². The number of hydrogen-bond acceptors (Lipinski definition) is 6. The maximum atomic E-state index is 12.6. The van der Waals surface area contributed by atoms with Gasteiger partial charge in [0.15, 0.2) is 0 Å². The molecule has 8 nitrogen and oxygen atoms in total. The van der Waals surface area contributed by atoms with E-state index in [2.05, 4.69) is 25.9 Å². The Morgan fingerprint density at radius 3 is 2.70 bits per heavy atom. The van der Waals surface area contributed by atoms with Crippen LogP contribution in [0.1, 0.15) is 12.0 Å². The van der Waals surface area contributed by atoms with Crippen LogP contribution in [0.3, 0.4) is 0 Å². The number of pyridine rings is 1. The van der Waals surface area contributed by atoms with E-state index in [1.165, 1.54) is 0 Å². The van der Waals surface area contributed by atoms with Gasteiger partial charge in [-0.2, -0.15) is 13.2 Å². The first-order valence-electron chi connectivity index (χ1n) is 8.81. The monoisotopic (exact) mass is 440 g/mol. The van der Waals surface area contributed by atoms with Gasteiger partial charge in [0.25, 0.3) is 5.56 Å². The molecule has 3 aromatic rings. The summed E-state index contributed by atoms with van der Waals surface area (Å²) >= 11 is 5.79. The van der Waals surface area contributed by atoms with Gasteiger partial charge in [0, 0.05) is 25.7 Å². The molecule has 0 radical (unpaired) electrons. The second kappa shape index (κ2) is 9.08. The lowest BCUT2D eigenvalue weighted by Gasteiger charge is -2.11. The van der Waals surface area contributed by atoms with Crippen LogP contribution in [-0.2, 0) is 17.5 Å². The van der Waals surface area contributed by atoms with Crippen LogP contribution in [-0.4, -0.2) is 39.0 Å². The molecule has 2 aromatic heterocycles. The summed E-state index contributed by atoms with van der Waals surface area (Å²) in [4.78, 5) is 27.9. The van der Waals surface area contributed by atoms with Gasteiger partial charge in [-0.05, 0) is 18.2 Å². The molecule has 0 aliphatic carbocycles. The molecule has 1 amide bonds. The average molecular weight is 441 g/mol. The molecule has 158 valence electrons. The van der Waals surface area contributed by atoms with Crippen LogP contribution < -0.4 is 16.2 Å². The van der Waals surface area contributed by atoms with Gasteiger partial charge in [-0.15, -0.1) is 5.10 Å². The zero-order valence-corrected chi connectivity index (χ0v) is 16.2. The van der Waals surface area contributed by atoms with Gasteiger partial charge in [0.2, 0.25) is 5.91 Å². The smallest absolute Gasteiger partial charge is 0.367 e. The number of aromatic nitrogens is 4. The third kappa shape index (κ3) is 5.23. The number of carbonyl (C=O) groups excluding carboxylic acids is 1. The van der Waals surface area contributed by atoms with Crippen LogP contribution in [0.5, 0.6) is 0 Å². The second-order valence-corrected chi connectivity index (χ2v) is 6.62. The lowest BCUT2D eigenvalue weighted by atomic mass is 10.2. The zero-order valence-electron chi connectivity index (χ0n) is 15.4. The quantitative estimate of drug-likeness (QED) is 0.547. The Morgan fingerprint density at radius 2 is 1.97 bits per heavy atom. The van der Waals surface area contributed by atoms with Crippen LogP contribution in [0.4, 0.5) is 19.0 Å². The van der Waals surface area contributed by atoms with E-state index < -0.39 is 11.7 Å². The Hall–Kier alpha value is -3.21. The van der Waals surface area contributed by atoms with Crippen molar-refractivity contribution in [1.82, 2.24) is 25.3 Å². The standard InChI is InChI=1S/C18H16ClF3N6O2/c19-13-9-11(18(20,21)22)10-25-16(13)24-7-6-23-15(29)5-8-28-17(30)12-3-1-2-4-14(12)26-27-28/h1-4,9-10H,5-8H2,(H,23,29)(H,24,25). The highest BCUT2D eigenvalue weighted by Gasteiger charge is 2.31. The number of fused-ring (bicyclic) bond motifs is 1. The van der Waals surface area contributed by atoms with E-state index in [-0.39, 0.29) is 48.4 Å². The number of nitrogens with one attached hydrogen (secondary N) is 2. The van der Waals surface area contributed by atoms with E-state index in [0.29, 0.717) is 17.1 Å². The minimum absolute atomic E-state index is 0.00616. The molecule has 30 heavy (non-hydrogen) atoms. The summed E-state index contributed by atoms with van der Waals surface area (Å²) in [7, 11) is 0. The fourth-order valence-corrected chi connectivity index (χ4v) is 2.80. The molecule has 0 bridgehead atoms. The van der Waals surface area contributed by atoms with Crippen LogP contribution in [0.2, 0.25) is 5.02 Å². The fraction of sp³-hybridized carbons (Fsp3) is 0.278. The molecule has 0 saturated heterocycles. The number of alkyl halides is 3. The minimum Gasteiger partial charge on any atom is -0.367 e. The average Bonchev–Trinajstić information content (AvgIpc) is 2.71. The molecule has 3 rings (SSSR count). The topological polar surface area (TPSA) is 102 Å². The van der Waals surface area contributed by atoms with Gasteiger partial charge in [-0.25, -0.2) is 9.67 Å². The predicted octanol–water partition coefficient (Wildman–Crippen LogP) is 2.48. The first-order chi connectivity index (χ1) is 14.3. The van der Waals surface area contributed by atoms with Crippen molar-refractivity contribution in [1.29, 1.82) is 0 Å². The number of amides is 1. The molecular weight excluding hydrogens is 425 g/mol. The third-order valence-corrected chi connectivity index (χ3v) is 4.38. The van der Waals surface area contributed by atoms with Crippen LogP contribution >= 0.6 is 11.6 Å². The van der Waals surface area contributed by atoms with Crippen molar-refractivity contribution in [2.75, 3.05) is 18.4 Å². The largest absolute Gasteiger partial charge is 0.417 e. The predicted molar refractivity (Wildman–Crippen MR) is 104 cm³/mol. The molecule has 0 aliphatic heterocycles. The molecule has 0 unspecified atom stereocenters. The first-order valence-corrected chi connectivity index (χ1v) is 9.19. The molecule has 12 heteroatoms. The molecule has 0 aliphatic rings. The number of nitrogens with zero attached hydrogens (tertiary/aromatic N) is 4. The lowest BCUT2D eigenvalue weighted by Crippen LogP contribution is -2.32. The summed E-state index contributed by atoms with van der Waals surface area (Å²) < 4.78 is 38.9. The highest BCUT2D eigenvalue weighted by Crippen LogP contribution is 2.32. The van der Waals surface area contributed by atoms with E-state index in [4.69, 9.17) is 11.6 Å². The van der Waals surface area contributed by atoms with Crippen molar-refractivity contribution in [2.45, 2.75) is 19.1 Å². The zero-order chi connectivity index (χ0) is 21.7. The Labute approximate surface area is 173 Å². The molecule has 2 heterocycles. The summed E-state index contributed by atoms with van der Waals surface area (Å²) in [5.41, 5.74) is -0.804. The van der Waals surface area contributed by atoms with Crippen molar-refractivity contribution < 1.29 is 18.0 Å². The van der Waals surface area contributed by atoms with E-state index >= 15 is 0 Å². The Morgan fingerprint density at radius 1 is 1.20 bits per heavy atom. The molecule has 0 fully saturated rings. The molecule has 0 saturated carbocycles. The van der Waals surface area contributed by atoms with Gasteiger partial charge in [0.1, 0.15) is 11.3 Å². The number of rotatable bonds is 7. The summed E-state index contributed by atoms with van der Waals surface area (Å²) in [5, 5.41) is 13.4. The van der Waals surface area contributed by atoms with Crippen molar-refractivity contribution >= 4 is 34.2 Å². The minimum atomic E-state index is -4.53. The maximum absolute atomic E-state index is 12.6. The van der Waals surface area contributed by atoms with Crippen LogP contribution in [0.15, 0.2) is 41.3 Å². The van der Waals surface area contributed by atoms with Crippen molar-refractivity contribution in [3.63, 3.8) is 0 Å². The Bertz CT molecular complexity index is 1120. The number of carbonyl (C=O) groups is 1. The van der Waals surface area contributed by atoms with Crippen molar-refractivity contribution in [3.8, 4) is 0 Å². The van der Waals surface area contributed by atoms with Gasteiger partial charge in [-0.3, -0.25) is 9.59 Å². The number of halogens is 4. The van der Waals surface area contributed by atoms with Gasteiger partial charge >= 0.3 is 6.18 Å². The van der Waals surface area contributed by atoms with E-state index in [1.807, 2.05) is 0 Å². The lowest BCUT2D eigenvalue weighted by molar-refractivity contribution is -0.137. The SMILES string of the molecule is O=C(CCn1nnc2ccccc2c1=O)NCCNc1ncc(C(F)(F)F)cc1Cl. The second-order valence-electron chi connectivity index (χ2n) is 6.21. The first kappa shape index (κ1) is 21.5. The molecule has 0 atom stereocenters. The number of aryl methyl sites for hydroxylation is 1. The van der Waals surface area contributed by atoms with Gasteiger partial charge < -0.3 is 10.6 Å².